The number of hydrogen-bond acceptors (Lipinski definition) is 2. The van der Waals surface area contributed by atoms with E-state index in [1.54, 1.807) is 6.07 Å². The smallest absolute Gasteiger partial charge is 0.252 e. The maximum absolute atomic E-state index is 12.1. The van der Waals surface area contributed by atoms with Crippen molar-refractivity contribution < 1.29 is 4.79 Å². The number of carbonyl (C=O) groups excluding carboxylic acids is 1. The molecular formula is C17H16N2OS. The van der Waals surface area contributed by atoms with Gasteiger partial charge in [-0.3, -0.25) is 4.79 Å². The summed E-state index contributed by atoms with van der Waals surface area (Å²) in [6, 6.07) is 15.7. The van der Waals surface area contributed by atoms with E-state index in [2.05, 4.69) is 41.1 Å². The second-order valence-corrected chi connectivity index (χ2v) is 5.40. The Hall–Kier alpha value is -2.20. The van der Waals surface area contributed by atoms with Crippen LogP contribution in [0.15, 0.2) is 59.6 Å². The number of H-pyrrole nitrogens is 1. The SMILES string of the molecule is O=C(NCCc1ccc2cc[nH]c2c1)c1ccccc1S. The fourth-order valence-corrected chi connectivity index (χ4v) is 2.59. The second-order valence-electron chi connectivity index (χ2n) is 4.92. The molecule has 0 atom stereocenters. The van der Waals surface area contributed by atoms with Gasteiger partial charge in [0.15, 0.2) is 0 Å². The van der Waals surface area contributed by atoms with Crippen LogP contribution in [0.3, 0.4) is 0 Å². The molecule has 0 saturated heterocycles. The van der Waals surface area contributed by atoms with Gasteiger partial charge in [-0.15, -0.1) is 12.6 Å². The normalized spacial score (nSPS) is 10.7. The number of carbonyl (C=O) groups is 1. The predicted octanol–water partition coefficient (Wildman–Crippen LogP) is 3.43. The molecule has 1 amide bonds. The lowest BCUT2D eigenvalue weighted by atomic mass is 10.1. The quantitative estimate of drug-likeness (QED) is 0.635. The van der Waals surface area contributed by atoms with Crippen LogP contribution in [0.4, 0.5) is 0 Å². The van der Waals surface area contributed by atoms with Gasteiger partial charge in [0.1, 0.15) is 0 Å². The molecule has 0 aliphatic rings. The van der Waals surface area contributed by atoms with Crippen LogP contribution in [-0.4, -0.2) is 17.4 Å². The van der Waals surface area contributed by atoms with Gasteiger partial charge in [0.25, 0.3) is 5.91 Å². The average Bonchev–Trinajstić information content (AvgIpc) is 2.95. The van der Waals surface area contributed by atoms with Crippen molar-refractivity contribution in [3.05, 3.63) is 65.9 Å². The number of nitrogens with one attached hydrogen (secondary N) is 2. The van der Waals surface area contributed by atoms with Crippen molar-refractivity contribution >= 4 is 29.4 Å². The van der Waals surface area contributed by atoms with Gasteiger partial charge in [-0.25, -0.2) is 0 Å². The van der Waals surface area contributed by atoms with Gasteiger partial charge in [-0.1, -0.05) is 24.3 Å². The van der Waals surface area contributed by atoms with Crippen LogP contribution in [-0.2, 0) is 6.42 Å². The minimum Gasteiger partial charge on any atom is -0.361 e. The molecule has 0 fully saturated rings. The van der Waals surface area contributed by atoms with Crippen molar-refractivity contribution in [1.29, 1.82) is 0 Å². The van der Waals surface area contributed by atoms with Crippen LogP contribution in [0, 0.1) is 0 Å². The van der Waals surface area contributed by atoms with Crippen LogP contribution < -0.4 is 5.32 Å². The third kappa shape index (κ3) is 3.11. The van der Waals surface area contributed by atoms with Crippen molar-refractivity contribution in [2.75, 3.05) is 6.54 Å². The zero-order valence-electron chi connectivity index (χ0n) is 11.5. The first-order chi connectivity index (χ1) is 10.2. The van der Waals surface area contributed by atoms with Gasteiger partial charge in [-0.2, -0.15) is 0 Å². The molecule has 2 N–H and O–H groups in total. The molecular weight excluding hydrogens is 280 g/mol. The zero-order chi connectivity index (χ0) is 14.7. The molecule has 4 heteroatoms. The highest BCUT2D eigenvalue weighted by Crippen LogP contribution is 2.15. The van der Waals surface area contributed by atoms with Crippen LogP contribution in [0.5, 0.6) is 0 Å². The Labute approximate surface area is 128 Å². The van der Waals surface area contributed by atoms with Crippen molar-refractivity contribution in [2.45, 2.75) is 11.3 Å². The first kappa shape index (κ1) is 13.8. The highest BCUT2D eigenvalue weighted by Gasteiger charge is 2.07. The van der Waals surface area contributed by atoms with E-state index in [0.29, 0.717) is 17.0 Å². The molecule has 1 aromatic heterocycles. The van der Waals surface area contributed by atoms with E-state index in [1.807, 2.05) is 30.5 Å². The molecule has 3 nitrogen and oxygen atoms in total. The summed E-state index contributed by atoms with van der Waals surface area (Å²) in [4.78, 5) is 16.0. The van der Waals surface area contributed by atoms with Gasteiger partial charge in [0.05, 0.1) is 5.56 Å². The number of rotatable bonds is 4. The standard InChI is InChI=1S/C17H16N2OS/c20-17(14-3-1-2-4-16(14)21)19-9-7-12-5-6-13-8-10-18-15(13)11-12/h1-6,8,10-11,18,21H,7,9H2,(H,19,20). The minimum atomic E-state index is -0.0819. The molecule has 1 heterocycles. The van der Waals surface area contributed by atoms with Crippen molar-refractivity contribution in [2.24, 2.45) is 0 Å². The molecule has 0 unspecified atom stereocenters. The Balaban J connectivity index is 1.60. The lowest BCUT2D eigenvalue weighted by Crippen LogP contribution is -2.26. The van der Waals surface area contributed by atoms with E-state index < -0.39 is 0 Å². The fraction of sp³-hybridized carbons (Fsp3) is 0.118. The Morgan fingerprint density at radius 3 is 2.86 bits per heavy atom. The largest absolute Gasteiger partial charge is 0.361 e. The van der Waals surface area contributed by atoms with E-state index in [9.17, 15) is 4.79 Å². The third-order valence-corrected chi connectivity index (χ3v) is 3.86. The summed E-state index contributed by atoms with van der Waals surface area (Å²) in [6.45, 7) is 0.604. The first-order valence-electron chi connectivity index (χ1n) is 6.86. The van der Waals surface area contributed by atoms with Crippen molar-refractivity contribution in [3.63, 3.8) is 0 Å². The molecule has 0 saturated carbocycles. The molecule has 0 aliphatic carbocycles. The molecule has 3 rings (SSSR count). The van der Waals surface area contributed by atoms with E-state index in [4.69, 9.17) is 0 Å². The molecule has 0 spiro atoms. The van der Waals surface area contributed by atoms with E-state index in [0.717, 1.165) is 11.9 Å². The second kappa shape index (κ2) is 6.06. The maximum Gasteiger partial charge on any atom is 0.252 e. The lowest BCUT2D eigenvalue weighted by molar-refractivity contribution is 0.0951. The maximum atomic E-state index is 12.1. The summed E-state index contributed by atoms with van der Waals surface area (Å²) in [5.41, 5.74) is 2.93. The summed E-state index contributed by atoms with van der Waals surface area (Å²) in [5, 5.41) is 4.13. The molecule has 106 valence electrons. The Kier molecular flexibility index (Phi) is 3.97. The number of thiol groups is 1. The molecule has 0 aliphatic heterocycles. The lowest BCUT2D eigenvalue weighted by Gasteiger charge is -2.07. The van der Waals surface area contributed by atoms with E-state index >= 15 is 0 Å². The minimum absolute atomic E-state index is 0.0819. The Bertz CT molecular complexity index is 779. The van der Waals surface area contributed by atoms with Gasteiger partial charge in [0, 0.05) is 23.2 Å². The number of amides is 1. The van der Waals surface area contributed by atoms with Gasteiger partial charge >= 0.3 is 0 Å². The van der Waals surface area contributed by atoms with Crippen LogP contribution >= 0.6 is 12.6 Å². The molecule has 0 radical (unpaired) electrons. The summed E-state index contributed by atoms with van der Waals surface area (Å²) >= 11 is 4.30. The Morgan fingerprint density at radius 1 is 1.14 bits per heavy atom. The van der Waals surface area contributed by atoms with Crippen LogP contribution in [0.25, 0.3) is 10.9 Å². The molecule has 2 aromatic carbocycles. The molecule has 0 bridgehead atoms. The van der Waals surface area contributed by atoms with Crippen LogP contribution in [0.2, 0.25) is 0 Å². The summed E-state index contributed by atoms with van der Waals surface area (Å²) < 4.78 is 0. The molecule has 21 heavy (non-hydrogen) atoms. The monoisotopic (exact) mass is 296 g/mol. The van der Waals surface area contributed by atoms with Gasteiger partial charge in [-0.05, 0) is 41.6 Å². The van der Waals surface area contributed by atoms with Gasteiger partial charge in [0.2, 0.25) is 0 Å². The number of hydrogen-bond donors (Lipinski definition) is 3. The highest BCUT2D eigenvalue weighted by molar-refractivity contribution is 7.80. The highest BCUT2D eigenvalue weighted by atomic mass is 32.1. The number of aromatic amines is 1. The first-order valence-corrected chi connectivity index (χ1v) is 7.31. The van der Waals surface area contributed by atoms with Crippen LogP contribution in [0.1, 0.15) is 15.9 Å². The number of fused-ring (bicyclic) bond motifs is 1. The van der Waals surface area contributed by atoms with E-state index in [-0.39, 0.29) is 5.91 Å². The van der Waals surface area contributed by atoms with E-state index in [1.165, 1.54) is 10.9 Å². The van der Waals surface area contributed by atoms with Crippen molar-refractivity contribution in [3.8, 4) is 0 Å². The summed E-state index contributed by atoms with van der Waals surface area (Å²) in [7, 11) is 0. The average molecular weight is 296 g/mol. The number of benzene rings is 2. The molecule has 3 aromatic rings. The fourth-order valence-electron chi connectivity index (χ4n) is 2.33. The topological polar surface area (TPSA) is 44.9 Å². The summed E-state index contributed by atoms with van der Waals surface area (Å²) in [5.74, 6) is -0.0819. The predicted molar refractivity (Wildman–Crippen MR) is 88.0 cm³/mol. The van der Waals surface area contributed by atoms with Crippen molar-refractivity contribution in [1.82, 2.24) is 10.3 Å². The zero-order valence-corrected chi connectivity index (χ0v) is 12.4. The third-order valence-electron chi connectivity index (χ3n) is 3.47. The van der Waals surface area contributed by atoms with Gasteiger partial charge < -0.3 is 10.3 Å². The summed E-state index contributed by atoms with van der Waals surface area (Å²) in [6.07, 6.45) is 2.73. The Morgan fingerprint density at radius 2 is 2.00 bits per heavy atom. The number of aromatic nitrogens is 1.